The fourth-order valence-electron chi connectivity index (χ4n) is 4.33. The summed E-state index contributed by atoms with van der Waals surface area (Å²) in [6.07, 6.45) is 25.6. The largest absolute Gasteiger partial charge is 0.387 e. The number of hydrogen-bond acceptors (Lipinski definition) is 5. The summed E-state index contributed by atoms with van der Waals surface area (Å²) in [5.41, 5.74) is 0. The van der Waals surface area contributed by atoms with Gasteiger partial charge < -0.3 is 15.5 Å². The van der Waals surface area contributed by atoms with Gasteiger partial charge >= 0.3 is 0 Å². The molecule has 0 bridgehead atoms. The fraction of sp³-hybridized carbons (Fsp3) is 0.833. The van der Waals surface area contributed by atoms with Crippen LogP contribution in [-0.4, -0.2) is 53.1 Å². The highest BCUT2D eigenvalue weighted by atomic mass is 32.2. The number of hydrogen-bond donors (Lipinski definition) is 4. The van der Waals surface area contributed by atoms with E-state index in [1.807, 2.05) is 0 Å². The number of rotatable bonds is 26. The average molecular weight is 560 g/mol. The smallest absolute Gasteiger partial charge is 0.267 e. The maximum Gasteiger partial charge on any atom is 0.267 e. The Balaban J connectivity index is 4.14. The SMILES string of the molecule is CCCCCC/C=C/C(O)C(CS(=O)(=O)O)NC(=O)C(O)CCCCCC/C=C\CCCCCCCCC. The van der Waals surface area contributed by atoms with Crippen LogP contribution in [0.5, 0.6) is 0 Å². The predicted molar refractivity (Wildman–Crippen MR) is 158 cm³/mol. The van der Waals surface area contributed by atoms with Crippen molar-refractivity contribution in [3.63, 3.8) is 0 Å². The van der Waals surface area contributed by atoms with Crippen LogP contribution >= 0.6 is 0 Å². The van der Waals surface area contributed by atoms with Crippen LogP contribution in [0, 0.1) is 0 Å². The van der Waals surface area contributed by atoms with E-state index in [0.717, 1.165) is 64.2 Å². The van der Waals surface area contributed by atoms with Crippen molar-refractivity contribution in [3.8, 4) is 0 Å². The molecule has 0 fully saturated rings. The zero-order valence-electron chi connectivity index (χ0n) is 24.2. The minimum Gasteiger partial charge on any atom is -0.387 e. The van der Waals surface area contributed by atoms with E-state index < -0.39 is 40.0 Å². The topological polar surface area (TPSA) is 124 Å². The molecule has 0 aromatic rings. The van der Waals surface area contributed by atoms with Crippen LogP contribution in [0.15, 0.2) is 24.3 Å². The van der Waals surface area contributed by atoms with Crippen LogP contribution in [0.4, 0.5) is 0 Å². The van der Waals surface area contributed by atoms with E-state index in [4.69, 9.17) is 0 Å². The van der Waals surface area contributed by atoms with Crippen LogP contribution in [0.3, 0.4) is 0 Å². The van der Waals surface area contributed by atoms with Gasteiger partial charge in [0.2, 0.25) is 5.91 Å². The van der Waals surface area contributed by atoms with Gasteiger partial charge in [0.05, 0.1) is 17.9 Å². The number of aliphatic hydroxyl groups excluding tert-OH is 2. The Morgan fingerprint density at radius 3 is 1.68 bits per heavy atom. The van der Waals surface area contributed by atoms with E-state index >= 15 is 0 Å². The normalized spacial score (nSPS) is 14.8. The second-order valence-electron chi connectivity index (χ2n) is 10.5. The van der Waals surface area contributed by atoms with Gasteiger partial charge in [-0.3, -0.25) is 9.35 Å². The van der Waals surface area contributed by atoms with Gasteiger partial charge in [0.25, 0.3) is 10.1 Å². The molecule has 0 aliphatic rings. The van der Waals surface area contributed by atoms with Crippen LogP contribution in [-0.2, 0) is 14.9 Å². The van der Waals surface area contributed by atoms with Gasteiger partial charge in [-0.1, -0.05) is 115 Å². The molecule has 1 amide bonds. The van der Waals surface area contributed by atoms with Crippen molar-refractivity contribution in [2.24, 2.45) is 0 Å². The highest BCUT2D eigenvalue weighted by molar-refractivity contribution is 7.85. The Bertz CT molecular complexity index is 722. The lowest BCUT2D eigenvalue weighted by Crippen LogP contribution is -2.50. The number of amides is 1. The van der Waals surface area contributed by atoms with Crippen molar-refractivity contribution >= 4 is 16.0 Å². The Kier molecular flexibility index (Phi) is 24.0. The number of carbonyl (C=O) groups is 1. The van der Waals surface area contributed by atoms with E-state index in [1.54, 1.807) is 6.08 Å². The van der Waals surface area contributed by atoms with Crippen molar-refractivity contribution in [2.75, 3.05) is 5.75 Å². The summed E-state index contributed by atoms with van der Waals surface area (Å²) in [4.78, 5) is 12.4. The molecule has 3 unspecified atom stereocenters. The molecular weight excluding hydrogens is 502 g/mol. The monoisotopic (exact) mass is 559 g/mol. The zero-order valence-corrected chi connectivity index (χ0v) is 25.0. The summed E-state index contributed by atoms with van der Waals surface area (Å²) in [6, 6.07) is -1.23. The van der Waals surface area contributed by atoms with Crippen molar-refractivity contribution in [1.29, 1.82) is 0 Å². The van der Waals surface area contributed by atoms with Crippen molar-refractivity contribution in [2.45, 2.75) is 154 Å². The maximum atomic E-state index is 12.4. The third-order valence-corrected chi connectivity index (χ3v) is 7.51. The molecule has 0 aliphatic carbocycles. The lowest BCUT2D eigenvalue weighted by molar-refractivity contribution is -0.130. The molecule has 0 spiro atoms. The minimum absolute atomic E-state index is 0.266. The zero-order chi connectivity index (χ0) is 28.5. The summed E-state index contributed by atoms with van der Waals surface area (Å²) in [5, 5.41) is 23.0. The quantitative estimate of drug-likeness (QED) is 0.0535. The maximum absolute atomic E-state index is 12.4. The van der Waals surface area contributed by atoms with E-state index in [0.29, 0.717) is 6.42 Å². The third-order valence-electron chi connectivity index (χ3n) is 6.73. The molecule has 0 saturated carbocycles. The lowest BCUT2D eigenvalue weighted by atomic mass is 10.1. The molecule has 0 saturated heterocycles. The van der Waals surface area contributed by atoms with E-state index in [9.17, 15) is 28.0 Å². The van der Waals surface area contributed by atoms with Crippen LogP contribution in [0.25, 0.3) is 0 Å². The first-order valence-electron chi connectivity index (χ1n) is 15.1. The van der Waals surface area contributed by atoms with Crippen molar-refractivity contribution in [3.05, 3.63) is 24.3 Å². The van der Waals surface area contributed by atoms with Gasteiger partial charge in [-0.15, -0.1) is 0 Å². The number of nitrogens with one attached hydrogen (secondary N) is 1. The van der Waals surface area contributed by atoms with Gasteiger partial charge in [-0.05, 0) is 44.9 Å². The average Bonchev–Trinajstić information content (AvgIpc) is 2.86. The summed E-state index contributed by atoms with van der Waals surface area (Å²) in [5.74, 6) is -1.55. The third kappa shape index (κ3) is 23.9. The van der Waals surface area contributed by atoms with Crippen LogP contribution in [0.2, 0.25) is 0 Å². The minimum atomic E-state index is -4.42. The molecule has 4 N–H and O–H groups in total. The Morgan fingerprint density at radius 2 is 1.16 bits per heavy atom. The molecule has 0 radical (unpaired) electrons. The van der Waals surface area contributed by atoms with E-state index in [-0.39, 0.29) is 6.42 Å². The summed E-state index contributed by atoms with van der Waals surface area (Å²) in [7, 11) is -4.42. The van der Waals surface area contributed by atoms with Gasteiger partial charge in [0, 0.05) is 0 Å². The second kappa shape index (κ2) is 24.8. The first-order valence-corrected chi connectivity index (χ1v) is 16.8. The van der Waals surface area contributed by atoms with Crippen LogP contribution < -0.4 is 5.32 Å². The van der Waals surface area contributed by atoms with Gasteiger partial charge in [-0.25, -0.2) is 0 Å². The summed E-state index contributed by atoms with van der Waals surface area (Å²) >= 11 is 0. The van der Waals surface area contributed by atoms with Crippen molar-refractivity contribution in [1.82, 2.24) is 5.32 Å². The molecule has 0 aromatic heterocycles. The molecular formula is C30H57NO6S. The van der Waals surface area contributed by atoms with E-state index in [1.165, 1.54) is 51.0 Å². The first kappa shape index (κ1) is 36.8. The number of carbonyl (C=O) groups excluding carboxylic acids is 1. The Labute approximate surface area is 233 Å². The molecule has 0 aliphatic heterocycles. The molecule has 3 atom stereocenters. The molecule has 0 aromatic carbocycles. The van der Waals surface area contributed by atoms with Crippen molar-refractivity contribution < 1.29 is 28.0 Å². The molecule has 8 heteroatoms. The van der Waals surface area contributed by atoms with Gasteiger partial charge in [0.15, 0.2) is 0 Å². The second-order valence-corrected chi connectivity index (χ2v) is 12.0. The number of allylic oxidation sites excluding steroid dienone is 3. The van der Waals surface area contributed by atoms with Gasteiger partial charge in [-0.2, -0.15) is 8.42 Å². The molecule has 38 heavy (non-hydrogen) atoms. The molecule has 0 heterocycles. The van der Waals surface area contributed by atoms with Crippen LogP contribution in [0.1, 0.15) is 136 Å². The van der Waals surface area contributed by atoms with E-state index in [2.05, 4.69) is 31.3 Å². The number of aliphatic hydroxyl groups is 2. The molecule has 224 valence electrons. The first-order chi connectivity index (χ1) is 18.2. The lowest BCUT2D eigenvalue weighted by Gasteiger charge is -2.22. The fourth-order valence-corrected chi connectivity index (χ4v) is 5.06. The molecule has 7 nitrogen and oxygen atoms in total. The Morgan fingerprint density at radius 1 is 0.711 bits per heavy atom. The number of unbranched alkanes of at least 4 members (excludes halogenated alkanes) is 15. The highest BCUT2D eigenvalue weighted by Crippen LogP contribution is 2.12. The predicted octanol–water partition coefficient (Wildman–Crippen LogP) is 6.64. The highest BCUT2D eigenvalue weighted by Gasteiger charge is 2.27. The standard InChI is InChI=1S/C30H57NO6S/c1-3-5-7-9-11-12-13-14-15-16-17-18-19-21-23-25-29(33)30(34)31-27(26-38(35,36)37)28(32)24-22-20-10-8-6-4-2/h15-16,22,24,27-29,32-33H,3-14,17-21,23,25-26H2,1-2H3,(H,31,34)(H,35,36,37)/b16-15-,24-22+. The molecule has 0 rings (SSSR count). The van der Waals surface area contributed by atoms with Gasteiger partial charge in [0.1, 0.15) is 6.10 Å². The summed E-state index contributed by atoms with van der Waals surface area (Å²) < 4.78 is 32.0. The Hall–Kier alpha value is -1.22. The summed E-state index contributed by atoms with van der Waals surface area (Å²) in [6.45, 7) is 4.36.